The van der Waals surface area contributed by atoms with Gasteiger partial charge in [-0.1, -0.05) is 0 Å². The zero-order valence-electron chi connectivity index (χ0n) is 21.6. The zero-order chi connectivity index (χ0) is 27.7. The maximum absolute atomic E-state index is 11.4. The monoisotopic (exact) mass is 633 g/mol. The third-order valence-electron chi connectivity index (χ3n) is 6.57. The van der Waals surface area contributed by atoms with E-state index in [1.807, 2.05) is 25.1 Å². The van der Waals surface area contributed by atoms with Gasteiger partial charge in [-0.25, -0.2) is 0 Å². The molecule has 2 aromatic carbocycles. The van der Waals surface area contributed by atoms with Crippen molar-refractivity contribution in [2.45, 2.75) is 39.7 Å². The number of carboxylic acid groups (broad SMARTS) is 1. The number of benzene rings is 2. The van der Waals surface area contributed by atoms with Gasteiger partial charge in [0.1, 0.15) is 0 Å². The first-order valence-corrected chi connectivity index (χ1v) is 16.7. The van der Waals surface area contributed by atoms with Crippen molar-refractivity contribution in [3.8, 4) is 0 Å². The summed E-state index contributed by atoms with van der Waals surface area (Å²) >= 11 is 1.67. The summed E-state index contributed by atoms with van der Waals surface area (Å²) < 4.78 is 43.3. The predicted octanol–water partition coefficient (Wildman–Crippen LogP) is 4.48. The van der Waals surface area contributed by atoms with Gasteiger partial charge in [0.25, 0.3) is 0 Å². The van der Waals surface area contributed by atoms with E-state index in [2.05, 4.69) is 46.7 Å². The van der Waals surface area contributed by atoms with Crippen LogP contribution in [-0.4, -0.2) is 51.3 Å². The molecular weight excluding hydrogens is 603 g/mol. The number of hydrogen-bond acceptors (Lipinski definition) is 6. The Morgan fingerprint density at radius 2 is 2.05 bits per heavy atom. The van der Waals surface area contributed by atoms with Crippen LogP contribution in [0.4, 0.5) is 5.69 Å². The number of furan rings is 1. The second kappa shape index (κ2) is 11.3. The van der Waals surface area contributed by atoms with Crippen molar-refractivity contribution in [2.75, 3.05) is 17.2 Å². The van der Waals surface area contributed by atoms with Gasteiger partial charge in [-0.2, -0.15) is 0 Å². The molecule has 2 N–H and O–H groups in total. The van der Waals surface area contributed by atoms with Gasteiger partial charge >= 0.3 is 238 Å². The molecule has 0 amide bonds. The topological polar surface area (TPSA) is 112 Å². The molecule has 1 aliphatic rings. The van der Waals surface area contributed by atoms with Crippen molar-refractivity contribution in [1.82, 2.24) is 0 Å². The van der Waals surface area contributed by atoms with Crippen LogP contribution in [0.1, 0.15) is 36.8 Å². The number of hydrogen-bond donors (Lipinski definition) is 2. The van der Waals surface area contributed by atoms with Crippen LogP contribution in [0.25, 0.3) is 27.3 Å². The second-order valence-electron chi connectivity index (χ2n) is 9.40. The van der Waals surface area contributed by atoms with Gasteiger partial charge in [-0.05, 0) is 0 Å². The van der Waals surface area contributed by atoms with Crippen LogP contribution in [0.15, 0.2) is 63.3 Å². The molecular formula is C28H29N2O6S2Se+. The minimum absolute atomic E-state index is 0.0460. The van der Waals surface area contributed by atoms with E-state index >= 15 is 0 Å². The van der Waals surface area contributed by atoms with Gasteiger partial charge in [0.15, 0.2) is 0 Å². The molecule has 0 fully saturated rings. The van der Waals surface area contributed by atoms with Crippen LogP contribution in [0.5, 0.6) is 0 Å². The minimum atomic E-state index is -4.06. The first-order chi connectivity index (χ1) is 18.6. The Bertz CT molecular complexity index is 1740. The van der Waals surface area contributed by atoms with Crippen molar-refractivity contribution in [1.29, 1.82) is 0 Å². The predicted molar refractivity (Wildman–Crippen MR) is 155 cm³/mol. The number of fused-ring (bicyclic) bond motifs is 4. The molecule has 1 aliphatic heterocycles. The summed E-state index contributed by atoms with van der Waals surface area (Å²) in [5, 5.41) is 11.3. The molecule has 5 rings (SSSR count). The van der Waals surface area contributed by atoms with Gasteiger partial charge in [0.05, 0.1) is 0 Å². The number of nitrogens with zero attached hydrogens (tertiary/aromatic N) is 2. The SMILES string of the molecule is CCC(/C=C1\[Se]c2ccc(C)cc2N1CCC(=O)O)=C\c1sc2ccc3occc3c2[n+]1CCCS(=O)(=O)O. The van der Waals surface area contributed by atoms with E-state index in [0.717, 1.165) is 54.0 Å². The molecule has 4 aromatic rings. The molecule has 11 heteroatoms. The van der Waals surface area contributed by atoms with E-state index in [0.29, 0.717) is 13.1 Å². The summed E-state index contributed by atoms with van der Waals surface area (Å²) in [6.07, 6.45) is 7.05. The Hall–Kier alpha value is -2.95. The van der Waals surface area contributed by atoms with E-state index < -0.39 is 16.1 Å². The summed E-state index contributed by atoms with van der Waals surface area (Å²) in [5.74, 6) is -1.14. The Balaban J connectivity index is 1.57. The number of carboxylic acids is 1. The molecule has 8 nitrogen and oxygen atoms in total. The van der Waals surface area contributed by atoms with E-state index in [4.69, 9.17) is 4.42 Å². The molecule has 0 spiro atoms. The standard InChI is InChI=1S/C28H28N2O6S2Se/c1-3-19(17-26-29(12-9-27(31)32)21-15-18(2)5-8-24(21)39-26)16-25-30(11-4-14-38(33,34)35)28-20-10-13-36-22(20)6-7-23(28)37-25/h5-8,10,13,15-17H,3-4,9,11-12,14H2,1-2H3,(H-,31,32,33,34,35)/p+1. The number of aliphatic carboxylic acids is 1. The third kappa shape index (κ3) is 6.13. The molecule has 0 saturated heterocycles. The Kier molecular flexibility index (Phi) is 7.98. The summed E-state index contributed by atoms with van der Waals surface area (Å²) in [6.45, 7) is 4.96. The average Bonchev–Trinajstić information content (AvgIpc) is 3.56. The number of allylic oxidation sites excluding steroid dienone is 2. The third-order valence-corrected chi connectivity index (χ3v) is 10.8. The van der Waals surface area contributed by atoms with Crippen molar-refractivity contribution >= 4 is 79.8 Å². The summed E-state index contributed by atoms with van der Waals surface area (Å²) in [4.78, 5) is 13.5. The summed E-state index contributed by atoms with van der Waals surface area (Å²) in [7, 11) is -4.06. The normalized spacial score (nSPS) is 15.1. The second-order valence-corrected chi connectivity index (χ2v) is 14.3. The van der Waals surface area contributed by atoms with Gasteiger partial charge in [-0.15, -0.1) is 0 Å². The fourth-order valence-electron chi connectivity index (χ4n) is 4.70. The summed E-state index contributed by atoms with van der Waals surface area (Å²) in [5.41, 5.74) is 5.05. The Morgan fingerprint density at radius 3 is 2.79 bits per heavy atom. The number of anilines is 1. The van der Waals surface area contributed by atoms with Crippen LogP contribution < -0.4 is 13.9 Å². The Morgan fingerprint density at radius 1 is 1.23 bits per heavy atom. The number of aromatic nitrogens is 1. The van der Waals surface area contributed by atoms with Crippen LogP contribution in [0.2, 0.25) is 0 Å². The van der Waals surface area contributed by atoms with Gasteiger partial charge in [-0.3, -0.25) is 0 Å². The van der Waals surface area contributed by atoms with E-state index in [1.54, 1.807) is 17.6 Å². The number of aryl methyl sites for hydroxylation is 2. The molecule has 0 atom stereocenters. The molecule has 0 radical (unpaired) electrons. The van der Waals surface area contributed by atoms with E-state index in [-0.39, 0.29) is 33.6 Å². The molecule has 0 aliphatic carbocycles. The fraction of sp³-hybridized carbons (Fsp3) is 0.286. The van der Waals surface area contributed by atoms with Crippen LogP contribution in [0.3, 0.4) is 0 Å². The van der Waals surface area contributed by atoms with E-state index in [1.165, 1.54) is 4.46 Å². The first kappa shape index (κ1) is 27.6. The Labute approximate surface area is 237 Å². The van der Waals surface area contributed by atoms with Gasteiger partial charge < -0.3 is 0 Å². The van der Waals surface area contributed by atoms with E-state index in [9.17, 15) is 22.9 Å². The first-order valence-electron chi connectivity index (χ1n) is 12.6. The van der Waals surface area contributed by atoms with Crippen molar-refractivity contribution < 1.29 is 31.9 Å². The molecule has 0 unspecified atom stereocenters. The zero-order valence-corrected chi connectivity index (χ0v) is 24.9. The fourth-order valence-corrected chi connectivity index (χ4v) is 8.78. The van der Waals surface area contributed by atoms with Crippen LogP contribution in [-0.2, 0) is 21.5 Å². The maximum atomic E-state index is 11.4. The number of carbonyl (C=O) groups is 1. The van der Waals surface area contributed by atoms with Crippen LogP contribution in [0, 0.1) is 6.92 Å². The molecule has 3 heterocycles. The molecule has 204 valence electrons. The van der Waals surface area contributed by atoms with Crippen molar-refractivity contribution in [2.24, 2.45) is 0 Å². The number of rotatable bonds is 10. The summed E-state index contributed by atoms with van der Waals surface area (Å²) in [6, 6.07) is 12.2. The van der Waals surface area contributed by atoms with Gasteiger partial charge in [0.2, 0.25) is 0 Å². The van der Waals surface area contributed by atoms with Crippen LogP contribution >= 0.6 is 11.3 Å². The van der Waals surface area contributed by atoms with Crippen molar-refractivity contribution in [3.05, 3.63) is 69.5 Å². The molecule has 2 aromatic heterocycles. The quantitative estimate of drug-likeness (QED) is 0.151. The number of thiazole rings is 1. The molecule has 39 heavy (non-hydrogen) atoms. The average molecular weight is 633 g/mol. The van der Waals surface area contributed by atoms with Gasteiger partial charge in [0, 0.05) is 0 Å². The molecule has 0 saturated carbocycles. The van der Waals surface area contributed by atoms with Crippen molar-refractivity contribution in [3.63, 3.8) is 0 Å². The molecule has 0 bridgehead atoms.